The highest BCUT2D eigenvalue weighted by Crippen LogP contribution is 2.34. The molecule has 0 unspecified atom stereocenters. The maximum atomic E-state index is 12.2. The van der Waals surface area contributed by atoms with E-state index in [0.717, 1.165) is 10.2 Å². The molecule has 0 saturated heterocycles. The van der Waals surface area contributed by atoms with Crippen molar-refractivity contribution in [3.05, 3.63) is 75.4 Å². The van der Waals surface area contributed by atoms with Gasteiger partial charge in [0, 0.05) is 16.7 Å². The van der Waals surface area contributed by atoms with E-state index >= 15 is 0 Å². The number of fused-ring (bicyclic) bond motifs is 1. The number of aromatic nitrogens is 1. The lowest BCUT2D eigenvalue weighted by atomic mass is 10.2. The van der Waals surface area contributed by atoms with Crippen molar-refractivity contribution in [3.8, 4) is 11.3 Å². The first kappa shape index (κ1) is 21.8. The van der Waals surface area contributed by atoms with Crippen LogP contribution in [0, 0.1) is 0 Å². The van der Waals surface area contributed by atoms with Crippen molar-refractivity contribution in [2.24, 2.45) is 0 Å². The molecule has 0 bridgehead atoms. The van der Waals surface area contributed by atoms with Crippen LogP contribution in [-0.4, -0.2) is 16.0 Å². The number of carbonyl (C=O) groups excluding carboxylic acids is 1. The molecule has 0 atom stereocenters. The summed E-state index contributed by atoms with van der Waals surface area (Å²) in [7, 11) is 0. The fraction of sp³-hybridized carbons (Fsp3) is 0. The van der Waals surface area contributed by atoms with Crippen LogP contribution < -0.4 is 10.6 Å². The molecule has 0 radical (unpaired) electrons. The number of amides is 1. The van der Waals surface area contributed by atoms with Crippen LogP contribution in [0.2, 0.25) is 15.1 Å². The van der Waals surface area contributed by atoms with Crippen molar-refractivity contribution in [1.29, 1.82) is 0 Å². The molecular formula is C21H12Cl3N3O2S2. The van der Waals surface area contributed by atoms with Gasteiger partial charge < -0.3 is 9.73 Å². The molecule has 0 fully saturated rings. The molecule has 0 spiro atoms. The Kier molecular flexibility index (Phi) is 6.60. The highest BCUT2D eigenvalue weighted by atomic mass is 35.5. The molecule has 0 aliphatic heterocycles. The summed E-state index contributed by atoms with van der Waals surface area (Å²) in [5.74, 6) is 0.601. The van der Waals surface area contributed by atoms with Crippen LogP contribution >= 0.6 is 58.4 Å². The Labute approximate surface area is 201 Å². The molecule has 4 rings (SSSR count). The first-order chi connectivity index (χ1) is 14.9. The van der Waals surface area contributed by atoms with Crippen molar-refractivity contribution in [2.75, 3.05) is 5.32 Å². The first-order valence-electron chi connectivity index (χ1n) is 8.79. The van der Waals surface area contributed by atoms with E-state index in [0.29, 0.717) is 37.3 Å². The van der Waals surface area contributed by atoms with Gasteiger partial charge in [-0.1, -0.05) is 52.2 Å². The minimum Gasteiger partial charge on any atom is -0.457 e. The zero-order chi connectivity index (χ0) is 22.0. The minimum atomic E-state index is -0.416. The smallest absolute Gasteiger partial charge is 0.250 e. The summed E-state index contributed by atoms with van der Waals surface area (Å²) in [6.07, 6.45) is 2.84. The van der Waals surface area contributed by atoms with Crippen LogP contribution in [0.5, 0.6) is 0 Å². The molecule has 4 aromatic rings. The van der Waals surface area contributed by atoms with Crippen molar-refractivity contribution in [2.45, 2.75) is 0 Å². The van der Waals surface area contributed by atoms with Gasteiger partial charge in [-0.05, 0) is 60.8 Å². The number of carbonyl (C=O) groups is 1. The number of rotatable bonds is 4. The number of benzene rings is 2. The maximum Gasteiger partial charge on any atom is 0.250 e. The quantitative estimate of drug-likeness (QED) is 0.228. The number of hydrogen-bond acceptors (Lipinski definition) is 5. The second-order valence-corrected chi connectivity index (χ2v) is 8.87. The Bertz CT molecular complexity index is 1330. The summed E-state index contributed by atoms with van der Waals surface area (Å²) >= 11 is 24.8. The van der Waals surface area contributed by atoms with Gasteiger partial charge in [0.2, 0.25) is 5.91 Å². The summed E-state index contributed by atoms with van der Waals surface area (Å²) in [5.41, 5.74) is 1.46. The molecule has 0 aliphatic carbocycles. The van der Waals surface area contributed by atoms with E-state index in [4.69, 9.17) is 51.4 Å². The van der Waals surface area contributed by atoms with E-state index in [1.165, 1.54) is 23.5 Å². The van der Waals surface area contributed by atoms with Crippen molar-refractivity contribution in [3.63, 3.8) is 0 Å². The monoisotopic (exact) mass is 507 g/mol. The average molecular weight is 509 g/mol. The summed E-state index contributed by atoms with van der Waals surface area (Å²) in [6, 6.07) is 14.1. The third-order valence-corrected chi connectivity index (χ3v) is 6.24. The highest BCUT2D eigenvalue weighted by Gasteiger charge is 2.11. The first-order valence-corrected chi connectivity index (χ1v) is 11.2. The SMILES string of the molecule is O=C(C=Cc1ccc(-c2cccc(Cl)c2Cl)o1)NC(=S)Nc1nc2ccc(Cl)cc2s1. The van der Waals surface area contributed by atoms with Crippen LogP contribution in [0.1, 0.15) is 5.76 Å². The number of nitrogens with one attached hydrogen (secondary N) is 2. The van der Waals surface area contributed by atoms with Crippen molar-refractivity contribution < 1.29 is 9.21 Å². The van der Waals surface area contributed by atoms with Gasteiger partial charge in [0.05, 0.1) is 20.3 Å². The molecular weight excluding hydrogens is 497 g/mol. The van der Waals surface area contributed by atoms with Gasteiger partial charge in [-0.2, -0.15) is 0 Å². The topological polar surface area (TPSA) is 67.2 Å². The lowest BCUT2D eigenvalue weighted by Crippen LogP contribution is -2.32. The largest absolute Gasteiger partial charge is 0.457 e. The van der Waals surface area contributed by atoms with E-state index in [1.807, 2.05) is 12.1 Å². The molecule has 0 saturated carbocycles. The standard InChI is InChI=1S/C21H12Cl3N3O2S2/c22-11-4-7-15-17(10-11)31-21(25-15)27-20(30)26-18(28)9-6-12-5-8-16(29-12)13-2-1-3-14(23)19(13)24/h1-10H,(H2,25,26,27,28,30). The van der Waals surface area contributed by atoms with E-state index in [-0.39, 0.29) is 5.11 Å². The van der Waals surface area contributed by atoms with E-state index in [1.54, 1.807) is 36.4 Å². The van der Waals surface area contributed by atoms with Gasteiger partial charge in [-0.25, -0.2) is 4.98 Å². The van der Waals surface area contributed by atoms with Gasteiger partial charge in [0.15, 0.2) is 10.2 Å². The predicted octanol–water partition coefficient (Wildman–Crippen LogP) is 7.04. The average Bonchev–Trinajstić information content (AvgIpc) is 3.34. The second-order valence-electron chi connectivity index (χ2n) is 6.21. The predicted molar refractivity (Wildman–Crippen MR) is 132 cm³/mol. The van der Waals surface area contributed by atoms with Gasteiger partial charge in [0.1, 0.15) is 11.5 Å². The zero-order valence-electron chi connectivity index (χ0n) is 15.5. The molecule has 0 aliphatic rings. The number of halogens is 3. The molecule has 2 aromatic heterocycles. The fourth-order valence-corrected chi connectivity index (χ4v) is 4.47. The lowest BCUT2D eigenvalue weighted by Gasteiger charge is -2.04. The van der Waals surface area contributed by atoms with E-state index < -0.39 is 5.91 Å². The Morgan fingerprint density at radius 1 is 1.13 bits per heavy atom. The Morgan fingerprint density at radius 2 is 1.97 bits per heavy atom. The Morgan fingerprint density at radius 3 is 2.81 bits per heavy atom. The number of anilines is 1. The number of nitrogens with zero attached hydrogens (tertiary/aromatic N) is 1. The number of hydrogen-bond donors (Lipinski definition) is 2. The Hall–Kier alpha value is -2.42. The van der Waals surface area contributed by atoms with Crippen LogP contribution in [0.3, 0.4) is 0 Å². The molecule has 31 heavy (non-hydrogen) atoms. The lowest BCUT2D eigenvalue weighted by molar-refractivity contribution is -0.115. The second kappa shape index (κ2) is 9.38. The zero-order valence-corrected chi connectivity index (χ0v) is 19.4. The van der Waals surface area contributed by atoms with E-state index in [9.17, 15) is 4.79 Å². The van der Waals surface area contributed by atoms with Crippen LogP contribution in [-0.2, 0) is 4.79 Å². The number of thiocarbonyl (C=S) groups is 1. The van der Waals surface area contributed by atoms with Crippen molar-refractivity contribution in [1.82, 2.24) is 10.3 Å². The molecule has 1 amide bonds. The summed E-state index contributed by atoms with van der Waals surface area (Å²) in [6.45, 7) is 0. The third-order valence-electron chi connectivity index (χ3n) is 4.05. The third kappa shape index (κ3) is 5.26. The normalized spacial score (nSPS) is 11.2. The van der Waals surface area contributed by atoms with E-state index in [2.05, 4.69) is 15.6 Å². The molecule has 10 heteroatoms. The van der Waals surface area contributed by atoms with Gasteiger partial charge >= 0.3 is 0 Å². The molecule has 156 valence electrons. The summed E-state index contributed by atoms with van der Waals surface area (Å²) in [5, 5.41) is 7.61. The summed E-state index contributed by atoms with van der Waals surface area (Å²) < 4.78 is 6.64. The van der Waals surface area contributed by atoms with Crippen LogP contribution in [0.15, 0.2) is 59.0 Å². The van der Waals surface area contributed by atoms with Gasteiger partial charge in [0.25, 0.3) is 0 Å². The molecule has 2 aromatic carbocycles. The Balaban J connectivity index is 1.37. The number of furan rings is 1. The number of thiazole rings is 1. The highest BCUT2D eigenvalue weighted by molar-refractivity contribution is 7.80. The van der Waals surface area contributed by atoms with Gasteiger partial charge in [-0.3, -0.25) is 10.1 Å². The van der Waals surface area contributed by atoms with Gasteiger partial charge in [-0.15, -0.1) is 0 Å². The fourth-order valence-electron chi connectivity index (χ4n) is 2.67. The van der Waals surface area contributed by atoms with Crippen LogP contribution in [0.25, 0.3) is 27.6 Å². The summed E-state index contributed by atoms with van der Waals surface area (Å²) in [4.78, 5) is 16.6. The maximum absolute atomic E-state index is 12.2. The molecule has 2 heterocycles. The molecule has 5 nitrogen and oxygen atoms in total. The van der Waals surface area contributed by atoms with Crippen LogP contribution in [0.4, 0.5) is 5.13 Å². The minimum absolute atomic E-state index is 0.130. The molecule has 2 N–H and O–H groups in total. The van der Waals surface area contributed by atoms with Crippen molar-refractivity contribution >= 4 is 90.8 Å².